The van der Waals surface area contributed by atoms with Gasteiger partial charge in [-0.05, 0) is 63.1 Å². The van der Waals surface area contributed by atoms with Crippen molar-refractivity contribution < 1.29 is 0 Å². The van der Waals surface area contributed by atoms with Crippen molar-refractivity contribution in [2.75, 3.05) is 11.4 Å². The van der Waals surface area contributed by atoms with Gasteiger partial charge in [0.15, 0.2) is 0 Å². The molecule has 0 aliphatic heterocycles. The first-order chi connectivity index (χ1) is 12.1. The highest BCUT2D eigenvalue weighted by Gasteiger charge is 2.14. The molecule has 130 valence electrons. The summed E-state index contributed by atoms with van der Waals surface area (Å²) in [5.74, 6) is 0. The van der Waals surface area contributed by atoms with Crippen molar-refractivity contribution in [3.63, 3.8) is 0 Å². The van der Waals surface area contributed by atoms with E-state index in [1.54, 1.807) is 0 Å². The summed E-state index contributed by atoms with van der Waals surface area (Å²) in [7, 11) is 0. The van der Waals surface area contributed by atoms with Crippen molar-refractivity contribution >= 4 is 16.5 Å². The summed E-state index contributed by atoms with van der Waals surface area (Å²) < 4.78 is 0. The molecule has 0 heterocycles. The third-order valence-electron chi connectivity index (χ3n) is 5.05. The zero-order valence-corrected chi connectivity index (χ0v) is 15.9. The monoisotopic (exact) mass is 331 g/mol. The van der Waals surface area contributed by atoms with Gasteiger partial charge in [0.05, 0.1) is 0 Å². The lowest BCUT2D eigenvalue weighted by Crippen LogP contribution is -2.30. The van der Waals surface area contributed by atoms with Gasteiger partial charge in [-0.3, -0.25) is 0 Å². The van der Waals surface area contributed by atoms with Gasteiger partial charge in [0.1, 0.15) is 0 Å². The molecule has 0 saturated carbocycles. The van der Waals surface area contributed by atoms with Gasteiger partial charge in [-0.25, -0.2) is 0 Å². The van der Waals surface area contributed by atoms with Crippen LogP contribution in [-0.2, 0) is 12.8 Å². The predicted octanol–water partition coefficient (Wildman–Crippen LogP) is 6.17. The minimum Gasteiger partial charge on any atom is -0.369 e. The summed E-state index contributed by atoms with van der Waals surface area (Å²) in [4.78, 5) is 2.50. The molecule has 3 aromatic rings. The first-order valence-electron chi connectivity index (χ1n) is 9.43. The lowest BCUT2D eigenvalue weighted by atomic mass is 9.96. The summed E-state index contributed by atoms with van der Waals surface area (Å²) in [6, 6.07) is 22.9. The van der Waals surface area contributed by atoms with Gasteiger partial charge in [0, 0.05) is 23.7 Å². The molecular weight excluding hydrogens is 302 g/mol. The molecule has 0 unspecified atom stereocenters. The molecule has 1 heteroatoms. The van der Waals surface area contributed by atoms with Gasteiger partial charge < -0.3 is 4.90 Å². The van der Waals surface area contributed by atoms with Crippen molar-refractivity contribution in [1.29, 1.82) is 0 Å². The molecule has 0 spiro atoms. The van der Waals surface area contributed by atoms with Gasteiger partial charge in [-0.1, -0.05) is 60.2 Å². The number of nitrogens with zero attached hydrogens (tertiary/aromatic N) is 1. The Kier molecular flexibility index (Phi) is 5.43. The van der Waals surface area contributed by atoms with Gasteiger partial charge >= 0.3 is 0 Å². The van der Waals surface area contributed by atoms with Crippen LogP contribution in [0.4, 0.5) is 5.69 Å². The third-order valence-corrected chi connectivity index (χ3v) is 5.05. The van der Waals surface area contributed by atoms with Crippen LogP contribution in [0.3, 0.4) is 0 Å². The molecular formula is C24H29N. The van der Waals surface area contributed by atoms with E-state index in [0.717, 1.165) is 19.4 Å². The van der Waals surface area contributed by atoms with E-state index in [-0.39, 0.29) is 0 Å². The highest BCUT2D eigenvalue weighted by Crippen LogP contribution is 2.32. The van der Waals surface area contributed by atoms with Gasteiger partial charge in [0.2, 0.25) is 0 Å². The van der Waals surface area contributed by atoms with Crippen molar-refractivity contribution in [2.24, 2.45) is 0 Å². The molecule has 25 heavy (non-hydrogen) atoms. The minimum atomic E-state index is 0.501. The summed E-state index contributed by atoms with van der Waals surface area (Å²) in [6.07, 6.45) is 2.16. The number of fused-ring (bicyclic) bond motifs is 1. The minimum absolute atomic E-state index is 0.501. The lowest BCUT2D eigenvalue weighted by molar-refractivity contribution is 0.706. The number of hydrogen-bond acceptors (Lipinski definition) is 1. The normalized spacial score (nSPS) is 11.2. The first kappa shape index (κ1) is 17.5. The van der Waals surface area contributed by atoms with Crippen LogP contribution >= 0.6 is 0 Å². The van der Waals surface area contributed by atoms with E-state index in [9.17, 15) is 0 Å². The molecule has 0 saturated heterocycles. The number of rotatable bonds is 6. The number of benzene rings is 3. The first-order valence-corrected chi connectivity index (χ1v) is 9.43. The fourth-order valence-corrected chi connectivity index (χ4v) is 3.69. The fourth-order valence-electron chi connectivity index (χ4n) is 3.69. The molecule has 1 nitrogen and oxygen atoms in total. The highest BCUT2D eigenvalue weighted by molar-refractivity contribution is 5.97. The Balaban J connectivity index is 1.98. The summed E-state index contributed by atoms with van der Waals surface area (Å²) in [6.45, 7) is 9.97. The zero-order chi connectivity index (χ0) is 17.8. The standard InChI is InChI=1S/C24H29N/c1-5-25(18(2)3)23-11-7-10-21-8-6-9-22(24(21)23)17-16-20-14-12-19(4)13-15-20/h6-15,18H,5,16-17H2,1-4H3. The fraction of sp³-hybridized carbons (Fsp3) is 0.333. The molecule has 0 aliphatic rings. The van der Waals surface area contributed by atoms with Crippen LogP contribution in [0.2, 0.25) is 0 Å². The van der Waals surface area contributed by atoms with Crippen LogP contribution in [-0.4, -0.2) is 12.6 Å². The van der Waals surface area contributed by atoms with Crippen LogP contribution in [0.5, 0.6) is 0 Å². The number of aryl methyl sites for hydroxylation is 3. The zero-order valence-electron chi connectivity index (χ0n) is 15.9. The quantitative estimate of drug-likeness (QED) is 0.522. The summed E-state index contributed by atoms with van der Waals surface area (Å²) >= 11 is 0. The second kappa shape index (κ2) is 7.74. The van der Waals surface area contributed by atoms with Crippen LogP contribution in [0.15, 0.2) is 60.7 Å². The third kappa shape index (κ3) is 3.87. The van der Waals surface area contributed by atoms with Gasteiger partial charge in [-0.2, -0.15) is 0 Å². The second-order valence-electron chi connectivity index (χ2n) is 7.16. The van der Waals surface area contributed by atoms with E-state index in [2.05, 4.69) is 93.3 Å². The Morgan fingerprint density at radius 3 is 2.16 bits per heavy atom. The van der Waals surface area contributed by atoms with Crippen LogP contribution in [0.1, 0.15) is 37.5 Å². The van der Waals surface area contributed by atoms with E-state index in [1.807, 2.05) is 0 Å². The largest absolute Gasteiger partial charge is 0.369 e. The van der Waals surface area contributed by atoms with Crippen LogP contribution < -0.4 is 4.90 Å². The summed E-state index contributed by atoms with van der Waals surface area (Å²) in [5, 5.41) is 2.77. The van der Waals surface area contributed by atoms with Crippen molar-refractivity contribution in [1.82, 2.24) is 0 Å². The Labute approximate surface area is 152 Å². The molecule has 0 amide bonds. The predicted molar refractivity (Wildman–Crippen MR) is 111 cm³/mol. The van der Waals surface area contributed by atoms with E-state index in [1.165, 1.54) is 33.2 Å². The molecule has 0 N–H and O–H groups in total. The Hall–Kier alpha value is -2.28. The molecule has 0 atom stereocenters. The van der Waals surface area contributed by atoms with Crippen LogP contribution in [0, 0.1) is 6.92 Å². The smallest absolute Gasteiger partial charge is 0.0450 e. The maximum Gasteiger partial charge on any atom is 0.0450 e. The average Bonchev–Trinajstić information content (AvgIpc) is 2.61. The molecule has 3 rings (SSSR count). The van der Waals surface area contributed by atoms with Crippen molar-refractivity contribution in [2.45, 2.75) is 46.6 Å². The van der Waals surface area contributed by atoms with Gasteiger partial charge in [0.25, 0.3) is 0 Å². The van der Waals surface area contributed by atoms with Crippen molar-refractivity contribution in [3.8, 4) is 0 Å². The summed E-state index contributed by atoms with van der Waals surface area (Å²) in [5.41, 5.74) is 5.56. The average molecular weight is 332 g/mol. The van der Waals surface area contributed by atoms with Gasteiger partial charge in [-0.15, -0.1) is 0 Å². The molecule has 3 aromatic carbocycles. The molecule has 0 radical (unpaired) electrons. The highest BCUT2D eigenvalue weighted by atomic mass is 15.1. The number of hydrogen-bond donors (Lipinski definition) is 0. The van der Waals surface area contributed by atoms with Crippen molar-refractivity contribution in [3.05, 3.63) is 77.4 Å². The second-order valence-corrected chi connectivity index (χ2v) is 7.16. The Morgan fingerprint density at radius 2 is 1.52 bits per heavy atom. The molecule has 0 aliphatic carbocycles. The maximum absolute atomic E-state index is 2.50. The molecule has 0 fully saturated rings. The Morgan fingerprint density at radius 1 is 0.840 bits per heavy atom. The number of anilines is 1. The Bertz CT molecular complexity index is 825. The molecule has 0 aromatic heterocycles. The molecule has 0 bridgehead atoms. The topological polar surface area (TPSA) is 3.24 Å². The van der Waals surface area contributed by atoms with E-state index in [0.29, 0.717) is 6.04 Å². The van der Waals surface area contributed by atoms with E-state index < -0.39 is 0 Å². The van der Waals surface area contributed by atoms with E-state index in [4.69, 9.17) is 0 Å². The maximum atomic E-state index is 2.50. The van der Waals surface area contributed by atoms with Crippen LogP contribution in [0.25, 0.3) is 10.8 Å². The lowest BCUT2D eigenvalue weighted by Gasteiger charge is -2.29. The SMILES string of the molecule is CCN(c1cccc2cccc(CCc3ccc(C)cc3)c12)C(C)C. The van der Waals surface area contributed by atoms with E-state index >= 15 is 0 Å².